The lowest BCUT2D eigenvalue weighted by Crippen LogP contribution is -2.41. The van der Waals surface area contributed by atoms with E-state index in [0.29, 0.717) is 23.8 Å². The Morgan fingerprint density at radius 1 is 0.969 bits per heavy atom. The molecule has 1 unspecified atom stereocenters. The second kappa shape index (κ2) is 9.79. The summed E-state index contributed by atoms with van der Waals surface area (Å²) in [5, 5.41) is 5.09. The molecule has 4 rings (SSSR count). The maximum absolute atomic E-state index is 12.9. The van der Waals surface area contributed by atoms with Crippen LogP contribution in [0, 0.1) is 6.92 Å². The van der Waals surface area contributed by atoms with Crippen LogP contribution in [0.5, 0.6) is 0 Å². The number of aromatic amines is 1. The third-order valence-corrected chi connectivity index (χ3v) is 6.05. The van der Waals surface area contributed by atoms with E-state index in [4.69, 9.17) is 12.2 Å². The zero-order valence-electron chi connectivity index (χ0n) is 18.3. The van der Waals surface area contributed by atoms with Gasteiger partial charge in [-0.05, 0) is 54.2 Å². The second-order valence-corrected chi connectivity index (χ2v) is 8.47. The number of aromatic nitrogens is 1. The Bertz CT molecular complexity index is 1270. The van der Waals surface area contributed by atoms with E-state index in [0.717, 1.165) is 27.6 Å². The zero-order chi connectivity index (χ0) is 22.5. The number of rotatable bonds is 6. The van der Waals surface area contributed by atoms with E-state index >= 15 is 0 Å². The summed E-state index contributed by atoms with van der Waals surface area (Å²) in [6, 6.07) is 28.5. The first-order chi connectivity index (χ1) is 15.5. The monoisotopic (exact) mass is 441 g/mol. The lowest BCUT2D eigenvalue weighted by molar-refractivity contribution is 0.392. The second-order valence-electron chi connectivity index (χ2n) is 8.09. The van der Waals surface area contributed by atoms with Crippen LogP contribution in [0.4, 0.5) is 0 Å². The Morgan fingerprint density at radius 2 is 1.66 bits per heavy atom. The van der Waals surface area contributed by atoms with E-state index in [2.05, 4.69) is 46.4 Å². The highest BCUT2D eigenvalue weighted by molar-refractivity contribution is 7.80. The molecule has 0 saturated heterocycles. The van der Waals surface area contributed by atoms with Gasteiger partial charge in [-0.1, -0.05) is 78.9 Å². The van der Waals surface area contributed by atoms with Crippen LogP contribution in [0.2, 0.25) is 0 Å². The number of hydrogen-bond donors (Lipinski definition) is 2. The summed E-state index contributed by atoms with van der Waals surface area (Å²) in [4.78, 5) is 18.0. The van der Waals surface area contributed by atoms with E-state index in [9.17, 15) is 4.79 Å². The summed E-state index contributed by atoms with van der Waals surface area (Å²) in [6.45, 7) is 5.12. The van der Waals surface area contributed by atoms with Gasteiger partial charge in [0.05, 0.1) is 18.1 Å². The molecule has 4 aromatic rings. The van der Waals surface area contributed by atoms with Crippen LogP contribution >= 0.6 is 12.2 Å². The highest BCUT2D eigenvalue weighted by Crippen LogP contribution is 2.18. The van der Waals surface area contributed by atoms with Crippen molar-refractivity contribution in [3.05, 3.63) is 118 Å². The molecule has 1 heterocycles. The van der Waals surface area contributed by atoms with Crippen LogP contribution in [-0.2, 0) is 13.1 Å². The standard InChI is InChI=1S/C27H27N3OS/c1-19-10-9-15-23-16-24(26(31)29-25(19)23)18-30(17-21-11-5-3-6-12-21)27(32)28-20(2)22-13-7-4-8-14-22/h3-16,20H,17-18H2,1-2H3,(H,28,32)(H,29,31). The first-order valence-electron chi connectivity index (χ1n) is 10.8. The van der Waals surface area contributed by atoms with Crippen molar-refractivity contribution in [3.8, 4) is 0 Å². The Kier molecular flexibility index (Phi) is 6.66. The molecule has 0 bridgehead atoms. The quantitative estimate of drug-likeness (QED) is 0.389. The summed E-state index contributed by atoms with van der Waals surface area (Å²) in [5.74, 6) is 0. The van der Waals surface area contributed by atoms with E-state index in [1.54, 1.807) is 0 Å². The van der Waals surface area contributed by atoms with Gasteiger partial charge in [0.2, 0.25) is 0 Å². The van der Waals surface area contributed by atoms with Gasteiger partial charge in [0.15, 0.2) is 5.11 Å². The van der Waals surface area contributed by atoms with Crippen molar-refractivity contribution in [3.63, 3.8) is 0 Å². The molecule has 0 aliphatic rings. The number of fused-ring (bicyclic) bond motifs is 1. The average molecular weight is 442 g/mol. The molecular formula is C27H27N3OS. The molecule has 0 aliphatic carbocycles. The fraction of sp³-hybridized carbons (Fsp3) is 0.185. The number of thiocarbonyl (C=S) groups is 1. The molecule has 3 aromatic carbocycles. The molecule has 0 saturated carbocycles. The van der Waals surface area contributed by atoms with Crippen molar-refractivity contribution >= 4 is 28.2 Å². The molecule has 4 nitrogen and oxygen atoms in total. The minimum absolute atomic E-state index is 0.0551. The number of aryl methyl sites for hydroxylation is 1. The molecule has 5 heteroatoms. The maximum Gasteiger partial charge on any atom is 0.253 e. The Labute approximate surface area is 193 Å². The molecule has 162 valence electrons. The van der Waals surface area contributed by atoms with Crippen LogP contribution in [0.15, 0.2) is 89.7 Å². The van der Waals surface area contributed by atoms with Gasteiger partial charge in [-0.15, -0.1) is 0 Å². The fourth-order valence-corrected chi connectivity index (χ4v) is 4.16. The lowest BCUT2D eigenvalue weighted by atomic mass is 10.1. The Hall–Kier alpha value is -3.44. The van der Waals surface area contributed by atoms with Crippen molar-refractivity contribution in [2.45, 2.75) is 33.0 Å². The minimum atomic E-state index is -0.0798. The molecule has 0 amide bonds. The van der Waals surface area contributed by atoms with E-state index in [1.807, 2.05) is 67.6 Å². The Morgan fingerprint density at radius 3 is 2.38 bits per heavy atom. The smallest absolute Gasteiger partial charge is 0.253 e. The van der Waals surface area contributed by atoms with Gasteiger partial charge in [0.1, 0.15) is 0 Å². The zero-order valence-corrected chi connectivity index (χ0v) is 19.2. The van der Waals surface area contributed by atoms with Gasteiger partial charge < -0.3 is 15.2 Å². The van der Waals surface area contributed by atoms with Crippen molar-refractivity contribution < 1.29 is 0 Å². The van der Waals surface area contributed by atoms with Gasteiger partial charge in [-0.3, -0.25) is 4.79 Å². The molecule has 1 aromatic heterocycles. The summed E-state index contributed by atoms with van der Waals surface area (Å²) >= 11 is 5.81. The van der Waals surface area contributed by atoms with Crippen LogP contribution < -0.4 is 10.9 Å². The van der Waals surface area contributed by atoms with E-state index in [-0.39, 0.29) is 11.6 Å². The van der Waals surface area contributed by atoms with Gasteiger partial charge in [-0.2, -0.15) is 0 Å². The highest BCUT2D eigenvalue weighted by Gasteiger charge is 2.16. The number of para-hydroxylation sites is 1. The summed E-state index contributed by atoms with van der Waals surface area (Å²) in [5.41, 5.74) is 4.85. The van der Waals surface area contributed by atoms with E-state index < -0.39 is 0 Å². The Balaban J connectivity index is 1.62. The van der Waals surface area contributed by atoms with Gasteiger partial charge >= 0.3 is 0 Å². The third kappa shape index (κ3) is 5.06. The van der Waals surface area contributed by atoms with Crippen LogP contribution in [0.3, 0.4) is 0 Å². The largest absolute Gasteiger partial charge is 0.356 e. The van der Waals surface area contributed by atoms with Gasteiger partial charge in [-0.25, -0.2) is 0 Å². The average Bonchev–Trinajstić information content (AvgIpc) is 2.81. The van der Waals surface area contributed by atoms with E-state index in [1.165, 1.54) is 0 Å². The number of nitrogens with one attached hydrogen (secondary N) is 2. The van der Waals surface area contributed by atoms with Crippen LogP contribution in [0.25, 0.3) is 10.9 Å². The molecule has 0 fully saturated rings. The van der Waals surface area contributed by atoms with Crippen LogP contribution in [0.1, 0.15) is 35.2 Å². The SMILES string of the molecule is Cc1cccc2cc(CN(Cc3ccccc3)C(=S)NC(C)c3ccccc3)c(=O)[nH]c12. The molecule has 0 radical (unpaired) electrons. The normalized spacial score (nSPS) is 11.8. The number of pyridine rings is 1. The summed E-state index contributed by atoms with van der Waals surface area (Å²) < 4.78 is 0. The van der Waals surface area contributed by atoms with Crippen molar-refractivity contribution in [1.29, 1.82) is 0 Å². The number of hydrogen-bond acceptors (Lipinski definition) is 2. The predicted molar refractivity (Wildman–Crippen MR) is 136 cm³/mol. The van der Waals surface area contributed by atoms with Gasteiger partial charge in [0, 0.05) is 12.1 Å². The third-order valence-electron chi connectivity index (χ3n) is 5.67. The highest BCUT2D eigenvalue weighted by atomic mass is 32.1. The predicted octanol–water partition coefficient (Wildman–Crippen LogP) is 5.47. The molecule has 0 spiro atoms. The lowest BCUT2D eigenvalue weighted by Gasteiger charge is -2.28. The summed E-state index contributed by atoms with van der Waals surface area (Å²) in [6.07, 6.45) is 0. The van der Waals surface area contributed by atoms with Crippen LogP contribution in [-0.4, -0.2) is 15.0 Å². The first kappa shape index (κ1) is 21.8. The topological polar surface area (TPSA) is 48.1 Å². The number of nitrogens with zero attached hydrogens (tertiary/aromatic N) is 1. The molecule has 2 N–H and O–H groups in total. The molecule has 32 heavy (non-hydrogen) atoms. The molecular weight excluding hydrogens is 414 g/mol. The fourth-order valence-electron chi connectivity index (χ4n) is 3.86. The molecule has 1 atom stereocenters. The van der Waals surface area contributed by atoms with Gasteiger partial charge in [0.25, 0.3) is 5.56 Å². The first-order valence-corrected chi connectivity index (χ1v) is 11.2. The van der Waals surface area contributed by atoms with Crippen molar-refractivity contribution in [2.75, 3.05) is 0 Å². The minimum Gasteiger partial charge on any atom is -0.356 e. The van der Waals surface area contributed by atoms with Crippen molar-refractivity contribution in [2.24, 2.45) is 0 Å². The number of H-pyrrole nitrogens is 1. The molecule has 0 aliphatic heterocycles. The maximum atomic E-state index is 12.9. The summed E-state index contributed by atoms with van der Waals surface area (Å²) in [7, 11) is 0. The van der Waals surface area contributed by atoms with Crippen molar-refractivity contribution in [1.82, 2.24) is 15.2 Å². The number of benzene rings is 3.